The molecule has 2 aromatic rings. The zero-order valence-electron chi connectivity index (χ0n) is 10.1. The van der Waals surface area contributed by atoms with Crippen LogP contribution in [0.15, 0.2) is 42.6 Å². The summed E-state index contributed by atoms with van der Waals surface area (Å²) < 4.78 is 2.04. The molecule has 0 aliphatic carbocycles. The summed E-state index contributed by atoms with van der Waals surface area (Å²) in [6, 6.07) is 12.4. The van der Waals surface area contributed by atoms with E-state index in [1.54, 1.807) is 0 Å². The molecule has 3 heteroatoms. The zero-order chi connectivity index (χ0) is 11.7. The molecule has 0 spiro atoms. The molecule has 1 aliphatic rings. The maximum Gasteiger partial charge on any atom is 0.0649 e. The van der Waals surface area contributed by atoms with Crippen molar-refractivity contribution in [1.82, 2.24) is 15.1 Å². The van der Waals surface area contributed by atoms with Gasteiger partial charge in [0.25, 0.3) is 0 Å². The molecule has 88 valence electrons. The standard InChI is InChI=1S/C14H17N3/c1-14(9-5-10-15-14)13-8-11-16-17(13)12-6-3-2-4-7-12/h2-4,6-8,11,15H,5,9-10H2,1H3. The maximum absolute atomic E-state index is 4.45. The van der Waals surface area contributed by atoms with Gasteiger partial charge in [-0.05, 0) is 44.5 Å². The van der Waals surface area contributed by atoms with Gasteiger partial charge < -0.3 is 5.32 Å². The second-order valence-electron chi connectivity index (χ2n) is 4.83. The molecule has 1 N–H and O–H groups in total. The largest absolute Gasteiger partial charge is 0.306 e. The van der Waals surface area contributed by atoms with Gasteiger partial charge in [0.15, 0.2) is 0 Å². The number of nitrogens with zero attached hydrogens (tertiary/aromatic N) is 2. The molecule has 0 bridgehead atoms. The van der Waals surface area contributed by atoms with E-state index in [9.17, 15) is 0 Å². The number of hydrogen-bond donors (Lipinski definition) is 1. The summed E-state index contributed by atoms with van der Waals surface area (Å²) in [6.45, 7) is 3.35. The van der Waals surface area contributed by atoms with Gasteiger partial charge in [0.2, 0.25) is 0 Å². The third-order valence-corrected chi connectivity index (χ3v) is 3.58. The summed E-state index contributed by atoms with van der Waals surface area (Å²) >= 11 is 0. The van der Waals surface area contributed by atoms with Gasteiger partial charge in [0.1, 0.15) is 0 Å². The van der Waals surface area contributed by atoms with Crippen molar-refractivity contribution in [3.63, 3.8) is 0 Å². The smallest absolute Gasteiger partial charge is 0.0649 e. The van der Waals surface area contributed by atoms with Crippen LogP contribution in [0.2, 0.25) is 0 Å². The van der Waals surface area contributed by atoms with Crippen LogP contribution in [-0.2, 0) is 5.54 Å². The minimum absolute atomic E-state index is 0.0618. The molecule has 3 rings (SSSR count). The van der Waals surface area contributed by atoms with Gasteiger partial charge in [-0.2, -0.15) is 5.10 Å². The molecule has 1 unspecified atom stereocenters. The van der Waals surface area contributed by atoms with Crippen molar-refractivity contribution in [2.24, 2.45) is 0 Å². The fraction of sp³-hybridized carbons (Fsp3) is 0.357. The summed E-state index contributed by atoms with van der Waals surface area (Å²) in [6.07, 6.45) is 4.29. The van der Waals surface area contributed by atoms with E-state index in [-0.39, 0.29) is 5.54 Å². The van der Waals surface area contributed by atoms with Gasteiger partial charge in [-0.1, -0.05) is 18.2 Å². The molecule has 0 saturated carbocycles. The zero-order valence-corrected chi connectivity index (χ0v) is 10.1. The van der Waals surface area contributed by atoms with Crippen molar-refractivity contribution < 1.29 is 0 Å². The van der Waals surface area contributed by atoms with Crippen LogP contribution >= 0.6 is 0 Å². The molecule has 1 fully saturated rings. The minimum Gasteiger partial charge on any atom is -0.306 e. The van der Waals surface area contributed by atoms with Crippen molar-refractivity contribution in [3.05, 3.63) is 48.3 Å². The number of aromatic nitrogens is 2. The summed E-state index contributed by atoms with van der Waals surface area (Å²) in [5, 5.41) is 8.04. The molecule has 0 radical (unpaired) electrons. The first-order valence-electron chi connectivity index (χ1n) is 6.15. The predicted octanol–water partition coefficient (Wildman–Crippen LogP) is 2.47. The Kier molecular flexibility index (Phi) is 2.48. The highest BCUT2D eigenvalue weighted by atomic mass is 15.3. The van der Waals surface area contributed by atoms with Crippen molar-refractivity contribution >= 4 is 0 Å². The van der Waals surface area contributed by atoms with E-state index < -0.39 is 0 Å². The van der Waals surface area contributed by atoms with Crippen LogP contribution in [0.3, 0.4) is 0 Å². The van der Waals surface area contributed by atoms with E-state index in [1.165, 1.54) is 18.5 Å². The Morgan fingerprint density at radius 1 is 1.24 bits per heavy atom. The molecule has 1 saturated heterocycles. The van der Waals surface area contributed by atoms with Crippen molar-refractivity contribution in [1.29, 1.82) is 0 Å². The lowest BCUT2D eigenvalue weighted by molar-refractivity contribution is 0.409. The summed E-state index contributed by atoms with van der Waals surface area (Å²) in [5.74, 6) is 0. The van der Waals surface area contributed by atoms with Crippen molar-refractivity contribution in [2.75, 3.05) is 6.54 Å². The molecule has 1 atom stereocenters. The third-order valence-electron chi connectivity index (χ3n) is 3.58. The maximum atomic E-state index is 4.45. The van der Waals surface area contributed by atoms with E-state index in [0.29, 0.717) is 0 Å². The van der Waals surface area contributed by atoms with E-state index in [1.807, 2.05) is 29.1 Å². The predicted molar refractivity (Wildman–Crippen MR) is 68.2 cm³/mol. The SMILES string of the molecule is CC1(c2ccnn2-c2ccccc2)CCCN1. The highest BCUT2D eigenvalue weighted by Crippen LogP contribution is 2.31. The van der Waals surface area contributed by atoms with Gasteiger partial charge in [-0.25, -0.2) is 4.68 Å². The Hall–Kier alpha value is -1.61. The average molecular weight is 227 g/mol. The van der Waals surface area contributed by atoms with Crippen LogP contribution in [-0.4, -0.2) is 16.3 Å². The second-order valence-corrected chi connectivity index (χ2v) is 4.83. The van der Waals surface area contributed by atoms with E-state index in [2.05, 4.69) is 35.5 Å². The van der Waals surface area contributed by atoms with Crippen LogP contribution in [0.5, 0.6) is 0 Å². The quantitative estimate of drug-likeness (QED) is 0.854. The highest BCUT2D eigenvalue weighted by molar-refractivity contribution is 5.34. The van der Waals surface area contributed by atoms with Gasteiger partial charge >= 0.3 is 0 Å². The number of nitrogens with one attached hydrogen (secondary N) is 1. The van der Waals surface area contributed by atoms with Crippen LogP contribution in [0.25, 0.3) is 5.69 Å². The fourth-order valence-electron chi connectivity index (χ4n) is 2.61. The number of benzene rings is 1. The second kappa shape index (κ2) is 4.00. The first kappa shape index (κ1) is 10.5. The molecule has 1 aromatic carbocycles. The van der Waals surface area contributed by atoms with Gasteiger partial charge in [0.05, 0.1) is 16.9 Å². The average Bonchev–Trinajstić information content (AvgIpc) is 2.99. The van der Waals surface area contributed by atoms with Crippen molar-refractivity contribution in [3.8, 4) is 5.69 Å². The lowest BCUT2D eigenvalue weighted by Gasteiger charge is -2.25. The monoisotopic (exact) mass is 227 g/mol. The Bertz CT molecular complexity index is 495. The number of rotatable bonds is 2. The molecule has 17 heavy (non-hydrogen) atoms. The topological polar surface area (TPSA) is 29.9 Å². The normalized spacial score (nSPS) is 24.1. The lowest BCUT2D eigenvalue weighted by atomic mass is 9.96. The Balaban J connectivity index is 2.05. The van der Waals surface area contributed by atoms with E-state index in [0.717, 1.165) is 12.2 Å². The Labute approximate surface area is 101 Å². The summed E-state index contributed by atoms with van der Waals surface area (Å²) in [7, 11) is 0. The van der Waals surface area contributed by atoms with Crippen LogP contribution in [0.1, 0.15) is 25.5 Å². The molecule has 3 nitrogen and oxygen atoms in total. The summed E-state index contributed by atoms with van der Waals surface area (Å²) in [4.78, 5) is 0. The lowest BCUT2D eigenvalue weighted by Crippen LogP contribution is -2.35. The summed E-state index contributed by atoms with van der Waals surface area (Å²) in [5.41, 5.74) is 2.44. The number of hydrogen-bond acceptors (Lipinski definition) is 2. The van der Waals surface area contributed by atoms with Crippen molar-refractivity contribution in [2.45, 2.75) is 25.3 Å². The van der Waals surface area contributed by atoms with Crippen LogP contribution in [0, 0.1) is 0 Å². The number of para-hydroxylation sites is 1. The molecule has 1 aliphatic heterocycles. The minimum atomic E-state index is 0.0618. The molecular formula is C14H17N3. The molecule has 0 amide bonds. The van der Waals surface area contributed by atoms with Gasteiger partial charge in [0, 0.05) is 6.20 Å². The van der Waals surface area contributed by atoms with E-state index >= 15 is 0 Å². The Morgan fingerprint density at radius 2 is 2.06 bits per heavy atom. The molecule has 2 heterocycles. The third kappa shape index (κ3) is 1.76. The Morgan fingerprint density at radius 3 is 2.76 bits per heavy atom. The molecular weight excluding hydrogens is 210 g/mol. The fourth-order valence-corrected chi connectivity index (χ4v) is 2.61. The van der Waals surface area contributed by atoms with Gasteiger partial charge in [-0.3, -0.25) is 0 Å². The molecule has 1 aromatic heterocycles. The van der Waals surface area contributed by atoms with E-state index in [4.69, 9.17) is 0 Å². The first-order valence-corrected chi connectivity index (χ1v) is 6.15. The van der Waals surface area contributed by atoms with Gasteiger partial charge in [-0.15, -0.1) is 0 Å². The van der Waals surface area contributed by atoms with Crippen LogP contribution in [0.4, 0.5) is 0 Å². The highest BCUT2D eigenvalue weighted by Gasteiger charge is 2.33. The van der Waals surface area contributed by atoms with Crippen LogP contribution < -0.4 is 5.32 Å². The first-order chi connectivity index (χ1) is 8.30.